The van der Waals surface area contributed by atoms with Gasteiger partial charge in [0.15, 0.2) is 5.82 Å². The molecule has 0 bridgehead atoms. The first-order chi connectivity index (χ1) is 7.02. The second-order valence-electron chi connectivity index (χ2n) is 2.89. The third-order valence-corrected chi connectivity index (χ3v) is 1.74. The number of nitrogens with one attached hydrogen (secondary N) is 1. The summed E-state index contributed by atoms with van der Waals surface area (Å²) >= 11 is 0. The first-order valence-corrected chi connectivity index (χ1v) is 4.15. The number of carbonyl (C=O) groups excluding carboxylic acids is 1. The van der Waals surface area contributed by atoms with Gasteiger partial charge in [-0.05, 0) is 13.0 Å². The molecule has 0 spiro atoms. The maximum Gasteiger partial charge on any atom is 0.325 e. The van der Waals surface area contributed by atoms with Crippen molar-refractivity contribution in [2.75, 3.05) is 0 Å². The van der Waals surface area contributed by atoms with Crippen molar-refractivity contribution in [3.63, 3.8) is 0 Å². The number of hydrogen-bond donors (Lipinski definition) is 2. The van der Waals surface area contributed by atoms with Gasteiger partial charge in [0.1, 0.15) is 6.04 Å². The highest BCUT2D eigenvalue weighted by molar-refractivity contribution is 5.96. The standard InChI is InChI=1S/C9H9FN2O3/c1-5(9(14)15)12-8(13)6-2-3-11-4-7(6)10/h2-5H,1H3,(H,12,13)(H,14,15)/t5-/m1/s1. The molecule has 0 aliphatic rings. The zero-order valence-electron chi connectivity index (χ0n) is 7.90. The summed E-state index contributed by atoms with van der Waals surface area (Å²) in [5.41, 5.74) is -0.224. The number of pyridine rings is 1. The molecule has 2 N–H and O–H groups in total. The Morgan fingerprint density at radius 3 is 2.80 bits per heavy atom. The van der Waals surface area contributed by atoms with E-state index in [0.717, 1.165) is 6.20 Å². The van der Waals surface area contributed by atoms with Gasteiger partial charge in [-0.3, -0.25) is 14.6 Å². The van der Waals surface area contributed by atoms with Crippen molar-refractivity contribution in [2.24, 2.45) is 0 Å². The van der Waals surface area contributed by atoms with E-state index >= 15 is 0 Å². The van der Waals surface area contributed by atoms with E-state index in [1.807, 2.05) is 0 Å². The quantitative estimate of drug-likeness (QED) is 0.761. The summed E-state index contributed by atoms with van der Waals surface area (Å²) in [6.07, 6.45) is 2.14. The molecule has 0 aliphatic heterocycles. The third-order valence-electron chi connectivity index (χ3n) is 1.74. The van der Waals surface area contributed by atoms with Gasteiger partial charge in [-0.2, -0.15) is 0 Å². The fourth-order valence-electron chi connectivity index (χ4n) is 0.895. The Morgan fingerprint density at radius 1 is 1.60 bits per heavy atom. The fourth-order valence-corrected chi connectivity index (χ4v) is 0.895. The van der Waals surface area contributed by atoms with E-state index in [1.54, 1.807) is 0 Å². The number of amides is 1. The Hall–Kier alpha value is -1.98. The Labute approximate surface area is 84.9 Å². The van der Waals surface area contributed by atoms with Gasteiger partial charge in [-0.15, -0.1) is 0 Å². The average molecular weight is 212 g/mol. The molecular weight excluding hydrogens is 203 g/mol. The minimum Gasteiger partial charge on any atom is -0.480 e. The van der Waals surface area contributed by atoms with Crippen molar-refractivity contribution in [2.45, 2.75) is 13.0 Å². The van der Waals surface area contributed by atoms with Crippen LogP contribution in [0.5, 0.6) is 0 Å². The number of hydrogen-bond acceptors (Lipinski definition) is 3. The fraction of sp³-hybridized carbons (Fsp3) is 0.222. The zero-order chi connectivity index (χ0) is 11.4. The van der Waals surface area contributed by atoms with Crippen molar-refractivity contribution in [1.82, 2.24) is 10.3 Å². The number of rotatable bonds is 3. The molecule has 0 unspecified atom stereocenters. The van der Waals surface area contributed by atoms with Gasteiger partial charge in [0.05, 0.1) is 11.8 Å². The number of carboxylic acid groups (broad SMARTS) is 1. The number of aliphatic carboxylic acids is 1. The highest BCUT2D eigenvalue weighted by atomic mass is 19.1. The first kappa shape index (κ1) is 11.1. The average Bonchev–Trinajstić information content (AvgIpc) is 2.18. The lowest BCUT2D eigenvalue weighted by Crippen LogP contribution is -2.38. The van der Waals surface area contributed by atoms with Gasteiger partial charge in [0.2, 0.25) is 0 Å². The van der Waals surface area contributed by atoms with Crippen LogP contribution in [0.15, 0.2) is 18.5 Å². The third kappa shape index (κ3) is 2.73. The smallest absolute Gasteiger partial charge is 0.325 e. The van der Waals surface area contributed by atoms with Gasteiger partial charge >= 0.3 is 5.97 Å². The molecule has 80 valence electrons. The molecule has 1 aromatic rings. The molecule has 1 atom stereocenters. The molecule has 1 rings (SSSR count). The summed E-state index contributed by atoms with van der Waals surface area (Å²) in [4.78, 5) is 25.2. The van der Waals surface area contributed by atoms with Crippen molar-refractivity contribution in [1.29, 1.82) is 0 Å². The second-order valence-corrected chi connectivity index (χ2v) is 2.89. The van der Waals surface area contributed by atoms with E-state index < -0.39 is 23.7 Å². The van der Waals surface area contributed by atoms with Crippen molar-refractivity contribution < 1.29 is 19.1 Å². The molecule has 1 heterocycles. The van der Waals surface area contributed by atoms with Gasteiger partial charge in [-0.1, -0.05) is 0 Å². The minimum absolute atomic E-state index is 0.224. The first-order valence-electron chi connectivity index (χ1n) is 4.15. The molecular formula is C9H9FN2O3. The van der Waals surface area contributed by atoms with Crippen LogP contribution in [0.3, 0.4) is 0 Å². The second kappa shape index (κ2) is 4.50. The lowest BCUT2D eigenvalue weighted by molar-refractivity contribution is -0.138. The predicted molar refractivity (Wildman–Crippen MR) is 48.8 cm³/mol. The SMILES string of the molecule is C[C@@H](NC(=O)c1ccncc1F)C(=O)O. The largest absolute Gasteiger partial charge is 0.480 e. The number of carboxylic acids is 1. The normalized spacial score (nSPS) is 11.9. The molecule has 1 aromatic heterocycles. The molecule has 15 heavy (non-hydrogen) atoms. The van der Waals surface area contributed by atoms with Crippen LogP contribution in [-0.2, 0) is 4.79 Å². The summed E-state index contributed by atoms with van der Waals surface area (Å²) in [6, 6.07) is 0.115. The Morgan fingerprint density at radius 2 is 2.27 bits per heavy atom. The number of nitrogens with zero attached hydrogens (tertiary/aromatic N) is 1. The van der Waals surface area contributed by atoms with E-state index in [0.29, 0.717) is 0 Å². The summed E-state index contributed by atoms with van der Waals surface area (Å²) in [5.74, 6) is -2.74. The van der Waals surface area contributed by atoms with E-state index in [1.165, 1.54) is 19.2 Å². The summed E-state index contributed by atoms with van der Waals surface area (Å²) < 4.78 is 13.0. The molecule has 0 saturated heterocycles. The Balaban J connectivity index is 2.78. The van der Waals surface area contributed by atoms with Crippen LogP contribution < -0.4 is 5.32 Å². The van der Waals surface area contributed by atoms with Gasteiger partial charge in [-0.25, -0.2) is 4.39 Å². The molecule has 0 fully saturated rings. The van der Waals surface area contributed by atoms with E-state index in [4.69, 9.17) is 5.11 Å². The Kier molecular flexibility index (Phi) is 3.33. The van der Waals surface area contributed by atoms with Crippen molar-refractivity contribution >= 4 is 11.9 Å². The van der Waals surface area contributed by atoms with Crippen LogP contribution >= 0.6 is 0 Å². The monoisotopic (exact) mass is 212 g/mol. The molecule has 0 saturated carbocycles. The van der Waals surface area contributed by atoms with Crippen LogP contribution in [0, 0.1) is 5.82 Å². The van der Waals surface area contributed by atoms with Crippen LogP contribution in [0.2, 0.25) is 0 Å². The number of aromatic nitrogens is 1. The summed E-state index contributed by atoms with van der Waals surface area (Å²) in [5, 5.41) is 10.7. The van der Waals surface area contributed by atoms with Crippen molar-refractivity contribution in [3.05, 3.63) is 29.8 Å². The molecule has 0 aliphatic carbocycles. The highest BCUT2D eigenvalue weighted by Crippen LogP contribution is 2.04. The van der Waals surface area contributed by atoms with Crippen molar-refractivity contribution in [3.8, 4) is 0 Å². The lowest BCUT2D eigenvalue weighted by atomic mass is 10.2. The van der Waals surface area contributed by atoms with Crippen LogP contribution in [-0.4, -0.2) is 28.0 Å². The van der Waals surface area contributed by atoms with E-state index in [2.05, 4.69) is 10.3 Å². The van der Waals surface area contributed by atoms with E-state index in [-0.39, 0.29) is 5.56 Å². The number of halogens is 1. The predicted octanol–water partition coefficient (Wildman–Crippen LogP) is 0.424. The lowest BCUT2D eigenvalue weighted by Gasteiger charge is -2.09. The number of carbonyl (C=O) groups is 2. The highest BCUT2D eigenvalue weighted by Gasteiger charge is 2.17. The van der Waals surface area contributed by atoms with E-state index in [9.17, 15) is 14.0 Å². The molecule has 6 heteroatoms. The molecule has 1 amide bonds. The molecule has 5 nitrogen and oxygen atoms in total. The topological polar surface area (TPSA) is 79.3 Å². The summed E-state index contributed by atoms with van der Waals surface area (Å²) in [6.45, 7) is 1.29. The van der Waals surface area contributed by atoms with Crippen LogP contribution in [0.4, 0.5) is 4.39 Å². The van der Waals surface area contributed by atoms with Crippen LogP contribution in [0.1, 0.15) is 17.3 Å². The molecule has 0 radical (unpaired) electrons. The van der Waals surface area contributed by atoms with Crippen LogP contribution in [0.25, 0.3) is 0 Å². The minimum atomic E-state index is -1.18. The maximum atomic E-state index is 13.0. The Bertz CT molecular complexity index is 395. The van der Waals surface area contributed by atoms with Gasteiger partial charge in [0.25, 0.3) is 5.91 Å². The summed E-state index contributed by atoms with van der Waals surface area (Å²) in [7, 11) is 0. The maximum absolute atomic E-state index is 13.0. The van der Waals surface area contributed by atoms with Gasteiger partial charge < -0.3 is 10.4 Å². The molecule has 0 aromatic carbocycles. The zero-order valence-corrected chi connectivity index (χ0v) is 7.90. The van der Waals surface area contributed by atoms with Gasteiger partial charge in [0, 0.05) is 6.20 Å².